The first-order valence-corrected chi connectivity index (χ1v) is 14.9. The van der Waals surface area contributed by atoms with Crippen molar-refractivity contribution in [1.29, 1.82) is 0 Å². The molecule has 1 fully saturated rings. The van der Waals surface area contributed by atoms with Crippen LogP contribution in [-0.2, 0) is 22.7 Å². The number of amides is 1. The van der Waals surface area contributed by atoms with Crippen molar-refractivity contribution in [3.05, 3.63) is 35.0 Å². The van der Waals surface area contributed by atoms with Crippen LogP contribution in [0.3, 0.4) is 0 Å². The Kier molecular flexibility index (Phi) is 10.1. The molecule has 236 valence electrons. The van der Waals surface area contributed by atoms with Crippen LogP contribution in [0.5, 0.6) is 5.75 Å². The van der Waals surface area contributed by atoms with Crippen molar-refractivity contribution in [1.82, 2.24) is 19.9 Å². The molecule has 0 aromatic carbocycles. The Labute approximate surface area is 236 Å². The van der Waals surface area contributed by atoms with Gasteiger partial charge in [-0.15, -0.1) is 0 Å². The summed E-state index contributed by atoms with van der Waals surface area (Å²) in [5, 5.41) is 2.31. The number of hydrogen-bond acceptors (Lipinski definition) is 6. The van der Waals surface area contributed by atoms with Crippen molar-refractivity contribution in [3.63, 3.8) is 0 Å². The van der Waals surface area contributed by atoms with Crippen molar-refractivity contribution in [2.45, 2.75) is 76.6 Å². The molecule has 1 aliphatic carbocycles. The zero-order valence-corrected chi connectivity index (χ0v) is 23.6. The van der Waals surface area contributed by atoms with E-state index in [2.05, 4.69) is 20.0 Å². The van der Waals surface area contributed by atoms with E-state index in [0.717, 1.165) is 0 Å². The first-order valence-electron chi connectivity index (χ1n) is 13.0. The lowest BCUT2D eigenvalue weighted by Crippen LogP contribution is -2.38. The van der Waals surface area contributed by atoms with Crippen LogP contribution in [0.2, 0.25) is 0 Å². The number of hydrogen-bond donors (Lipinski definition) is 1. The number of ether oxygens (including phenoxy) is 1. The molecule has 0 spiro atoms. The van der Waals surface area contributed by atoms with Gasteiger partial charge in [0.25, 0.3) is 5.91 Å². The van der Waals surface area contributed by atoms with Crippen molar-refractivity contribution in [3.8, 4) is 11.6 Å². The van der Waals surface area contributed by atoms with Crippen LogP contribution in [-0.4, -0.2) is 65.9 Å². The second-order valence-electron chi connectivity index (χ2n) is 10.2. The molecule has 17 heteroatoms. The average molecular weight is 635 g/mol. The maximum Gasteiger partial charge on any atom is 0.400 e. The number of carbonyl (C=O) groups excluding carboxylic acids is 1. The standard InChI is InChI=1S/C25H30F8N4O4S/c1-4-19-36-20(22(38)35-11-14-5-7-16(8-6-14)42(3,39)40)13(2)37(19)21-17(41-23(26)27)9-15(12-34-21)10-18(24(28,29)30)25(31,32)33/h9,12,14,16,18,23H,4-8,10-11H2,1-3H3,(H,35,38)/t14-,16-. The third-order valence-corrected chi connectivity index (χ3v) is 8.89. The average Bonchev–Trinajstić information content (AvgIpc) is 3.20. The number of pyridine rings is 1. The molecule has 0 bridgehead atoms. The number of aromatic nitrogens is 3. The fourth-order valence-corrected chi connectivity index (χ4v) is 6.10. The van der Waals surface area contributed by atoms with Crippen molar-refractivity contribution < 1.29 is 53.1 Å². The zero-order valence-electron chi connectivity index (χ0n) is 22.8. The number of carbonyl (C=O) groups is 1. The maximum atomic E-state index is 13.2. The number of imidazole rings is 1. The van der Waals surface area contributed by atoms with Gasteiger partial charge in [-0.2, -0.15) is 35.1 Å². The molecule has 3 rings (SSSR count). The molecule has 0 radical (unpaired) electrons. The van der Waals surface area contributed by atoms with E-state index in [1.54, 1.807) is 6.92 Å². The van der Waals surface area contributed by atoms with Crippen LogP contribution in [0, 0.1) is 18.8 Å². The Morgan fingerprint density at radius 3 is 2.21 bits per heavy atom. The minimum Gasteiger partial charge on any atom is -0.431 e. The molecule has 1 amide bonds. The molecule has 0 aliphatic heterocycles. The number of halogens is 8. The molecule has 8 nitrogen and oxygen atoms in total. The maximum absolute atomic E-state index is 13.2. The smallest absolute Gasteiger partial charge is 0.400 e. The molecule has 0 saturated heterocycles. The fraction of sp³-hybridized carbons (Fsp3) is 0.640. The Balaban J connectivity index is 1.88. The molecular formula is C25H30F8N4O4S. The first-order chi connectivity index (χ1) is 19.3. The van der Waals surface area contributed by atoms with E-state index in [-0.39, 0.29) is 36.1 Å². The third kappa shape index (κ3) is 8.10. The van der Waals surface area contributed by atoms with Gasteiger partial charge in [0.1, 0.15) is 21.4 Å². The minimum atomic E-state index is -5.65. The summed E-state index contributed by atoms with van der Waals surface area (Å²) in [7, 11) is -3.16. The highest BCUT2D eigenvalue weighted by Crippen LogP contribution is 2.42. The number of nitrogens with zero attached hydrogens (tertiary/aromatic N) is 3. The van der Waals surface area contributed by atoms with Crippen LogP contribution in [0.15, 0.2) is 12.3 Å². The molecule has 1 aliphatic rings. The Morgan fingerprint density at radius 1 is 1.12 bits per heavy atom. The Hall–Kier alpha value is -2.98. The lowest BCUT2D eigenvalue weighted by atomic mass is 9.89. The fourth-order valence-electron chi connectivity index (χ4n) is 4.97. The Morgan fingerprint density at radius 2 is 1.71 bits per heavy atom. The summed E-state index contributed by atoms with van der Waals surface area (Å²) in [5.41, 5.74) is -0.624. The summed E-state index contributed by atoms with van der Waals surface area (Å²) in [6, 6.07) is 0.629. The van der Waals surface area contributed by atoms with E-state index in [1.807, 2.05) is 0 Å². The van der Waals surface area contributed by atoms with E-state index in [1.165, 1.54) is 17.7 Å². The van der Waals surface area contributed by atoms with Crippen molar-refractivity contribution in [2.75, 3.05) is 12.8 Å². The summed E-state index contributed by atoms with van der Waals surface area (Å²) < 4.78 is 134. The predicted octanol–water partition coefficient (Wildman–Crippen LogP) is 5.36. The van der Waals surface area contributed by atoms with Gasteiger partial charge in [-0.3, -0.25) is 9.36 Å². The number of nitrogens with one attached hydrogen (secondary N) is 1. The van der Waals surface area contributed by atoms with Gasteiger partial charge in [0, 0.05) is 25.4 Å². The van der Waals surface area contributed by atoms with Crippen LogP contribution < -0.4 is 10.1 Å². The van der Waals surface area contributed by atoms with E-state index in [9.17, 15) is 48.3 Å². The van der Waals surface area contributed by atoms with Gasteiger partial charge in [0.15, 0.2) is 17.5 Å². The van der Waals surface area contributed by atoms with Gasteiger partial charge in [0.05, 0.1) is 10.9 Å². The van der Waals surface area contributed by atoms with Gasteiger partial charge in [0.2, 0.25) is 0 Å². The number of aryl methyl sites for hydroxylation is 1. The number of alkyl halides is 8. The van der Waals surface area contributed by atoms with E-state index >= 15 is 0 Å². The van der Waals surface area contributed by atoms with Crippen molar-refractivity contribution >= 4 is 15.7 Å². The summed E-state index contributed by atoms with van der Waals surface area (Å²) in [6.07, 6.45) is -8.77. The molecule has 0 unspecified atom stereocenters. The first kappa shape index (κ1) is 33.5. The lowest BCUT2D eigenvalue weighted by Gasteiger charge is -2.27. The number of rotatable bonds is 10. The summed E-state index contributed by atoms with van der Waals surface area (Å²) >= 11 is 0. The number of sulfone groups is 1. The third-order valence-electron chi connectivity index (χ3n) is 7.21. The monoisotopic (exact) mass is 634 g/mol. The highest BCUT2D eigenvalue weighted by Gasteiger charge is 2.56. The molecule has 1 N–H and O–H groups in total. The van der Waals surface area contributed by atoms with E-state index < -0.39 is 69.4 Å². The topological polar surface area (TPSA) is 103 Å². The molecule has 2 heterocycles. The Bertz CT molecular complexity index is 1350. The van der Waals surface area contributed by atoms with E-state index in [4.69, 9.17) is 0 Å². The van der Waals surface area contributed by atoms with Crippen molar-refractivity contribution in [2.24, 2.45) is 11.8 Å². The second kappa shape index (κ2) is 12.7. The quantitative estimate of drug-likeness (QED) is 0.354. The molecule has 1 saturated carbocycles. The van der Waals surface area contributed by atoms with Gasteiger partial charge in [-0.25, -0.2) is 18.4 Å². The molecular weight excluding hydrogens is 604 g/mol. The van der Waals surface area contributed by atoms with Crippen LogP contribution >= 0.6 is 0 Å². The highest BCUT2D eigenvalue weighted by molar-refractivity contribution is 7.91. The summed E-state index contributed by atoms with van der Waals surface area (Å²) in [5.74, 6) is -5.39. The minimum absolute atomic E-state index is 0.0254. The lowest BCUT2D eigenvalue weighted by molar-refractivity contribution is -0.283. The molecule has 42 heavy (non-hydrogen) atoms. The summed E-state index contributed by atoms with van der Waals surface area (Å²) in [6.45, 7) is -0.213. The summed E-state index contributed by atoms with van der Waals surface area (Å²) in [4.78, 5) is 21.1. The second-order valence-corrected chi connectivity index (χ2v) is 12.5. The largest absolute Gasteiger partial charge is 0.431 e. The van der Waals surface area contributed by atoms with Gasteiger partial charge in [-0.05, 0) is 56.6 Å². The van der Waals surface area contributed by atoms with Gasteiger partial charge >= 0.3 is 19.0 Å². The normalized spacial score (nSPS) is 18.5. The molecule has 2 aromatic heterocycles. The molecule has 2 aromatic rings. The predicted molar refractivity (Wildman–Crippen MR) is 134 cm³/mol. The molecule has 0 atom stereocenters. The van der Waals surface area contributed by atoms with E-state index in [0.29, 0.717) is 37.9 Å². The van der Waals surface area contributed by atoms with Gasteiger partial charge in [-0.1, -0.05) is 6.92 Å². The highest BCUT2D eigenvalue weighted by atomic mass is 32.2. The zero-order chi connectivity index (χ0) is 31.6. The van der Waals surface area contributed by atoms with Crippen LogP contribution in [0.4, 0.5) is 35.1 Å². The van der Waals surface area contributed by atoms with Crippen LogP contribution in [0.1, 0.15) is 60.2 Å². The SMILES string of the molecule is CCc1nc(C(=O)NC[C@H]2CC[C@H](S(C)(=O)=O)CC2)c(C)n1-c1ncc(CC(C(F)(F)F)C(F)(F)F)cc1OC(F)F. The van der Waals surface area contributed by atoms with Crippen LogP contribution in [0.25, 0.3) is 5.82 Å². The van der Waals surface area contributed by atoms with Gasteiger partial charge < -0.3 is 10.1 Å².